The third-order valence-corrected chi connectivity index (χ3v) is 4.07. The van der Waals surface area contributed by atoms with Gasteiger partial charge in [-0.3, -0.25) is 14.2 Å². The highest BCUT2D eigenvalue weighted by Gasteiger charge is 2.11. The fourth-order valence-electron chi connectivity index (χ4n) is 1.88. The summed E-state index contributed by atoms with van der Waals surface area (Å²) < 4.78 is 2.05. The first-order valence-electron chi connectivity index (χ1n) is 6.54. The van der Waals surface area contributed by atoms with Crippen LogP contribution in [0.25, 0.3) is 11.8 Å². The summed E-state index contributed by atoms with van der Waals surface area (Å²) in [6.45, 7) is 2.12. The first-order valence-corrected chi connectivity index (χ1v) is 7.35. The van der Waals surface area contributed by atoms with E-state index in [1.165, 1.54) is 4.57 Å². The predicted molar refractivity (Wildman–Crippen MR) is 86.2 cm³/mol. The molecule has 0 aliphatic heterocycles. The highest BCUT2D eigenvalue weighted by molar-refractivity contribution is 7.07. The predicted octanol–water partition coefficient (Wildman–Crippen LogP) is -0.0606. The minimum Gasteiger partial charge on any atom is -0.365 e. The standard InChI is InChI=1S/C15H14N4O2S/c1-2-19-14(21)12(9-18-10-6-4-3-5-7-10)22-15(19)11(8-16)13(17)20/h3-7,9,18H,2H2,1H3,(H2,17,20). The number of hydrogen-bond donors (Lipinski definition) is 2. The molecule has 0 fully saturated rings. The summed E-state index contributed by atoms with van der Waals surface area (Å²) in [6.07, 6.45) is 1.56. The van der Waals surface area contributed by atoms with Crippen molar-refractivity contribution in [1.29, 1.82) is 5.26 Å². The summed E-state index contributed by atoms with van der Waals surface area (Å²) in [5, 5.41) is 12.1. The number of carbonyl (C=O) groups excluding carboxylic acids is 1. The second kappa shape index (κ2) is 6.74. The smallest absolute Gasteiger partial charge is 0.270 e. The molecule has 1 aromatic heterocycles. The maximum absolute atomic E-state index is 12.3. The first kappa shape index (κ1) is 15.5. The van der Waals surface area contributed by atoms with Crippen LogP contribution < -0.4 is 25.8 Å². The van der Waals surface area contributed by atoms with Gasteiger partial charge in [0.25, 0.3) is 11.5 Å². The SMILES string of the molecule is CCn1c(=C(C#N)C(N)=O)sc(=CNc2ccccc2)c1=O. The van der Waals surface area contributed by atoms with Gasteiger partial charge in [-0.15, -0.1) is 11.3 Å². The zero-order chi connectivity index (χ0) is 16.1. The maximum Gasteiger partial charge on any atom is 0.270 e. The minimum atomic E-state index is -0.839. The lowest BCUT2D eigenvalue weighted by molar-refractivity contribution is -0.112. The molecule has 22 heavy (non-hydrogen) atoms. The van der Waals surface area contributed by atoms with Crippen LogP contribution in [-0.4, -0.2) is 10.5 Å². The first-order chi connectivity index (χ1) is 10.6. The Labute approximate surface area is 130 Å². The normalized spacial score (nSPS) is 12.6. The summed E-state index contributed by atoms with van der Waals surface area (Å²) in [7, 11) is 0. The van der Waals surface area contributed by atoms with Crippen LogP contribution in [0.15, 0.2) is 35.1 Å². The van der Waals surface area contributed by atoms with E-state index in [-0.39, 0.29) is 15.8 Å². The van der Waals surface area contributed by atoms with Gasteiger partial charge in [-0.25, -0.2) is 0 Å². The summed E-state index contributed by atoms with van der Waals surface area (Å²) >= 11 is 1.06. The Bertz CT molecular complexity index is 904. The number of primary amides is 1. The number of aromatic nitrogens is 1. The zero-order valence-electron chi connectivity index (χ0n) is 11.9. The minimum absolute atomic E-state index is 0.205. The number of thiazole rings is 1. The lowest BCUT2D eigenvalue weighted by Crippen LogP contribution is -2.33. The van der Waals surface area contributed by atoms with Crippen LogP contribution in [0.4, 0.5) is 5.69 Å². The molecule has 0 atom stereocenters. The number of nitrogens with zero attached hydrogens (tertiary/aromatic N) is 2. The molecule has 0 saturated heterocycles. The second-order valence-corrected chi connectivity index (χ2v) is 5.36. The average molecular weight is 314 g/mol. The van der Waals surface area contributed by atoms with Crippen LogP contribution in [0.5, 0.6) is 0 Å². The second-order valence-electron chi connectivity index (χ2n) is 4.33. The molecule has 0 aliphatic carbocycles. The molecule has 1 heterocycles. The van der Waals surface area contributed by atoms with Crippen molar-refractivity contribution in [3.63, 3.8) is 0 Å². The molecular weight excluding hydrogens is 300 g/mol. The van der Waals surface area contributed by atoms with Gasteiger partial charge in [0.1, 0.15) is 15.3 Å². The van der Waals surface area contributed by atoms with Gasteiger partial charge < -0.3 is 11.1 Å². The van der Waals surface area contributed by atoms with Crippen LogP contribution in [0.1, 0.15) is 6.92 Å². The molecule has 0 spiro atoms. The Balaban J connectivity index is 2.62. The van der Waals surface area contributed by atoms with E-state index in [2.05, 4.69) is 5.32 Å². The van der Waals surface area contributed by atoms with Crippen molar-refractivity contribution in [3.8, 4) is 6.07 Å². The Morgan fingerprint density at radius 1 is 1.45 bits per heavy atom. The van der Waals surface area contributed by atoms with E-state index in [0.29, 0.717) is 11.1 Å². The summed E-state index contributed by atoms with van der Waals surface area (Å²) in [6, 6.07) is 11.1. The van der Waals surface area contributed by atoms with E-state index in [4.69, 9.17) is 11.0 Å². The van der Waals surface area contributed by atoms with Gasteiger partial charge in [0.2, 0.25) is 0 Å². The number of carbonyl (C=O) groups is 1. The van der Waals surface area contributed by atoms with E-state index in [0.717, 1.165) is 17.0 Å². The topological polar surface area (TPSA) is 101 Å². The van der Waals surface area contributed by atoms with Crippen molar-refractivity contribution in [2.24, 2.45) is 5.73 Å². The fraction of sp³-hybridized carbons (Fsp3) is 0.133. The molecule has 0 unspecified atom stereocenters. The lowest BCUT2D eigenvalue weighted by atomic mass is 10.3. The molecule has 2 rings (SSSR count). The molecule has 3 N–H and O–H groups in total. The molecule has 6 nitrogen and oxygen atoms in total. The van der Waals surface area contributed by atoms with Gasteiger partial charge in [0.15, 0.2) is 5.57 Å². The number of amides is 1. The number of nitrogens with two attached hydrogens (primary N) is 1. The molecule has 1 aromatic carbocycles. The van der Waals surface area contributed by atoms with Crippen molar-refractivity contribution < 1.29 is 4.79 Å². The summed E-state index contributed by atoms with van der Waals surface area (Å²) in [4.78, 5) is 23.6. The molecule has 112 valence electrons. The van der Waals surface area contributed by atoms with Gasteiger partial charge in [0, 0.05) is 18.4 Å². The van der Waals surface area contributed by atoms with Crippen LogP contribution in [0, 0.1) is 11.3 Å². The third kappa shape index (κ3) is 3.07. The van der Waals surface area contributed by atoms with Crippen molar-refractivity contribution in [2.75, 3.05) is 5.32 Å². The maximum atomic E-state index is 12.3. The highest BCUT2D eigenvalue weighted by atomic mass is 32.1. The fourth-order valence-corrected chi connectivity index (χ4v) is 2.98. The largest absolute Gasteiger partial charge is 0.365 e. The van der Waals surface area contributed by atoms with E-state index >= 15 is 0 Å². The number of nitriles is 1. The van der Waals surface area contributed by atoms with Crippen LogP contribution in [-0.2, 0) is 11.3 Å². The summed E-state index contributed by atoms with van der Waals surface area (Å²) in [5.41, 5.74) is 5.56. The lowest BCUT2D eigenvalue weighted by Gasteiger charge is -1.97. The van der Waals surface area contributed by atoms with E-state index in [1.807, 2.05) is 30.3 Å². The van der Waals surface area contributed by atoms with Crippen LogP contribution in [0.3, 0.4) is 0 Å². The molecule has 0 radical (unpaired) electrons. The molecule has 0 bridgehead atoms. The Morgan fingerprint density at radius 2 is 2.14 bits per heavy atom. The van der Waals surface area contributed by atoms with Crippen LogP contribution >= 0.6 is 11.3 Å². The van der Waals surface area contributed by atoms with Crippen molar-refractivity contribution in [3.05, 3.63) is 49.9 Å². The molecule has 0 aliphatic rings. The van der Waals surface area contributed by atoms with Gasteiger partial charge >= 0.3 is 0 Å². The monoisotopic (exact) mass is 314 g/mol. The number of benzene rings is 1. The average Bonchev–Trinajstić information content (AvgIpc) is 2.82. The van der Waals surface area contributed by atoms with E-state index in [9.17, 15) is 9.59 Å². The van der Waals surface area contributed by atoms with E-state index < -0.39 is 5.91 Å². The molecule has 1 amide bonds. The number of rotatable bonds is 4. The Kier molecular flexibility index (Phi) is 4.76. The van der Waals surface area contributed by atoms with Gasteiger partial charge in [-0.05, 0) is 19.1 Å². The number of nitrogens with one attached hydrogen (secondary N) is 1. The van der Waals surface area contributed by atoms with Gasteiger partial charge in [-0.1, -0.05) is 18.2 Å². The highest BCUT2D eigenvalue weighted by Crippen LogP contribution is 2.04. The molecule has 7 heteroatoms. The quantitative estimate of drug-likeness (QED) is 0.825. The van der Waals surface area contributed by atoms with Gasteiger partial charge in [0.05, 0.1) is 0 Å². The van der Waals surface area contributed by atoms with Crippen LogP contribution in [0.2, 0.25) is 0 Å². The molecular formula is C15H14N4O2S. The molecule has 0 saturated carbocycles. The van der Waals surface area contributed by atoms with Gasteiger partial charge in [-0.2, -0.15) is 5.26 Å². The third-order valence-electron chi connectivity index (χ3n) is 2.94. The Hall–Kier alpha value is -2.85. The van der Waals surface area contributed by atoms with Crippen molar-refractivity contribution in [1.82, 2.24) is 4.57 Å². The number of anilines is 1. The van der Waals surface area contributed by atoms with Crippen molar-refractivity contribution >= 4 is 34.7 Å². The number of hydrogen-bond acceptors (Lipinski definition) is 5. The molecule has 2 aromatic rings. The summed E-state index contributed by atoms with van der Waals surface area (Å²) in [5.74, 6) is -0.839. The Morgan fingerprint density at radius 3 is 2.68 bits per heavy atom. The number of para-hydroxylation sites is 1. The van der Waals surface area contributed by atoms with Crippen molar-refractivity contribution in [2.45, 2.75) is 13.5 Å². The zero-order valence-corrected chi connectivity index (χ0v) is 12.7. The van der Waals surface area contributed by atoms with E-state index in [1.54, 1.807) is 19.2 Å².